The predicted octanol–water partition coefficient (Wildman–Crippen LogP) is 2.67. The predicted molar refractivity (Wildman–Crippen MR) is 88.9 cm³/mol. The summed E-state index contributed by atoms with van der Waals surface area (Å²) in [6.45, 7) is 1.75. The number of aryl methyl sites for hydroxylation is 1. The second kappa shape index (κ2) is 6.49. The summed E-state index contributed by atoms with van der Waals surface area (Å²) in [5.74, 6) is 1.21. The van der Waals surface area contributed by atoms with Gasteiger partial charge in [-0.15, -0.1) is 0 Å². The number of hydrogen-bond donors (Lipinski definition) is 1. The van der Waals surface area contributed by atoms with Crippen molar-refractivity contribution in [1.29, 1.82) is 0 Å². The van der Waals surface area contributed by atoms with Crippen molar-refractivity contribution in [1.82, 2.24) is 24.8 Å². The number of aromatic nitrogens is 4. The molecule has 0 radical (unpaired) electrons. The first-order valence-corrected chi connectivity index (χ1v) is 7.37. The van der Waals surface area contributed by atoms with Crippen LogP contribution in [-0.4, -0.2) is 44.8 Å². The summed E-state index contributed by atoms with van der Waals surface area (Å²) in [6.07, 6.45) is 4.93. The highest BCUT2D eigenvalue weighted by atomic mass is 16.5. The minimum absolute atomic E-state index is 0.140. The molecule has 0 aliphatic rings. The lowest BCUT2D eigenvalue weighted by Crippen LogP contribution is -2.23. The molecular formula is C17H17N5O2. The zero-order chi connectivity index (χ0) is 17.1. The number of ether oxygens (including phenoxy) is 1. The van der Waals surface area contributed by atoms with Crippen molar-refractivity contribution in [2.24, 2.45) is 0 Å². The SMILES string of the molecule is Cc1nc(Oc2cccc(-c3ncc[nH]3)c2)ncc1C(=O)N(C)C. The third kappa shape index (κ3) is 3.24. The van der Waals surface area contributed by atoms with Crippen molar-refractivity contribution < 1.29 is 9.53 Å². The molecular weight excluding hydrogens is 306 g/mol. The van der Waals surface area contributed by atoms with Crippen molar-refractivity contribution in [3.05, 3.63) is 54.1 Å². The molecule has 0 fully saturated rings. The van der Waals surface area contributed by atoms with Gasteiger partial charge in [-0.25, -0.2) is 9.97 Å². The number of rotatable bonds is 4. The standard InChI is InChI=1S/C17H17N5O2/c1-11-14(16(23)22(2)3)10-20-17(21-11)24-13-6-4-5-12(9-13)15-18-7-8-19-15/h4-10H,1-3H3,(H,18,19). The van der Waals surface area contributed by atoms with Crippen LogP contribution in [-0.2, 0) is 0 Å². The van der Waals surface area contributed by atoms with Gasteiger partial charge in [0.1, 0.15) is 11.6 Å². The molecule has 2 aromatic heterocycles. The Morgan fingerprint density at radius 1 is 1.25 bits per heavy atom. The molecule has 7 nitrogen and oxygen atoms in total. The van der Waals surface area contributed by atoms with Crippen LogP contribution in [0, 0.1) is 6.92 Å². The lowest BCUT2D eigenvalue weighted by Gasteiger charge is -2.12. The number of aromatic amines is 1. The molecule has 0 saturated carbocycles. The average Bonchev–Trinajstić information content (AvgIpc) is 3.09. The maximum Gasteiger partial charge on any atom is 0.322 e. The van der Waals surface area contributed by atoms with E-state index in [0.29, 0.717) is 17.0 Å². The average molecular weight is 323 g/mol. The van der Waals surface area contributed by atoms with Crippen LogP contribution in [0.1, 0.15) is 16.1 Å². The van der Waals surface area contributed by atoms with Gasteiger partial charge in [0.05, 0.1) is 11.3 Å². The van der Waals surface area contributed by atoms with Crippen molar-refractivity contribution in [3.63, 3.8) is 0 Å². The number of imidazole rings is 1. The van der Waals surface area contributed by atoms with Gasteiger partial charge in [0.2, 0.25) is 0 Å². The molecule has 2 heterocycles. The number of benzene rings is 1. The van der Waals surface area contributed by atoms with Crippen LogP contribution in [0.2, 0.25) is 0 Å². The Labute approximate surface area is 139 Å². The van der Waals surface area contributed by atoms with E-state index in [0.717, 1.165) is 11.4 Å². The van der Waals surface area contributed by atoms with Crippen molar-refractivity contribution in [3.8, 4) is 23.1 Å². The molecule has 24 heavy (non-hydrogen) atoms. The molecule has 1 aromatic carbocycles. The fourth-order valence-electron chi connectivity index (χ4n) is 2.18. The van der Waals surface area contributed by atoms with E-state index in [-0.39, 0.29) is 11.9 Å². The topological polar surface area (TPSA) is 84.0 Å². The molecule has 7 heteroatoms. The van der Waals surface area contributed by atoms with Crippen molar-refractivity contribution >= 4 is 5.91 Å². The van der Waals surface area contributed by atoms with E-state index < -0.39 is 0 Å². The van der Waals surface area contributed by atoms with E-state index in [4.69, 9.17) is 4.74 Å². The molecule has 3 rings (SSSR count). The first-order chi connectivity index (χ1) is 11.5. The fourth-order valence-corrected chi connectivity index (χ4v) is 2.18. The zero-order valence-electron chi connectivity index (χ0n) is 13.6. The van der Waals surface area contributed by atoms with Crippen molar-refractivity contribution in [2.45, 2.75) is 6.92 Å². The van der Waals surface area contributed by atoms with Gasteiger partial charge in [0.25, 0.3) is 5.91 Å². The fraction of sp³-hybridized carbons (Fsp3) is 0.176. The Kier molecular flexibility index (Phi) is 4.24. The monoisotopic (exact) mass is 323 g/mol. The summed E-state index contributed by atoms with van der Waals surface area (Å²) in [5.41, 5.74) is 1.92. The van der Waals surface area contributed by atoms with Crippen LogP contribution in [0.25, 0.3) is 11.4 Å². The minimum Gasteiger partial charge on any atom is -0.424 e. The normalized spacial score (nSPS) is 10.5. The molecule has 122 valence electrons. The molecule has 0 bridgehead atoms. The lowest BCUT2D eigenvalue weighted by molar-refractivity contribution is 0.0826. The molecule has 0 aliphatic carbocycles. The van der Waals surface area contributed by atoms with E-state index in [1.165, 1.54) is 11.1 Å². The zero-order valence-corrected chi connectivity index (χ0v) is 13.6. The number of amides is 1. The van der Waals surface area contributed by atoms with Gasteiger partial charge in [-0.1, -0.05) is 12.1 Å². The van der Waals surface area contributed by atoms with Gasteiger partial charge >= 0.3 is 6.01 Å². The van der Waals surface area contributed by atoms with Gasteiger partial charge in [-0.2, -0.15) is 4.98 Å². The number of H-pyrrole nitrogens is 1. The largest absolute Gasteiger partial charge is 0.424 e. The van der Waals surface area contributed by atoms with Gasteiger partial charge < -0.3 is 14.6 Å². The molecule has 0 atom stereocenters. The number of nitrogens with one attached hydrogen (secondary N) is 1. The van der Waals surface area contributed by atoms with E-state index in [2.05, 4.69) is 19.9 Å². The Balaban J connectivity index is 1.83. The van der Waals surface area contributed by atoms with Crippen LogP contribution < -0.4 is 4.74 Å². The summed E-state index contributed by atoms with van der Waals surface area (Å²) >= 11 is 0. The van der Waals surface area contributed by atoms with E-state index in [1.54, 1.807) is 33.4 Å². The molecule has 3 aromatic rings. The maximum atomic E-state index is 12.0. The van der Waals surface area contributed by atoms with Crippen LogP contribution in [0.15, 0.2) is 42.9 Å². The third-order valence-corrected chi connectivity index (χ3v) is 3.41. The second-order valence-corrected chi connectivity index (χ2v) is 5.42. The van der Waals surface area contributed by atoms with Crippen molar-refractivity contribution in [2.75, 3.05) is 14.1 Å². The Morgan fingerprint density at radius 3 is 2.75 bits per heavy atom. The van der Waals surface area contributed by atoms with Gasteiger partial charge in [-0.3, -0.25) is 4.79 Å². The van der Waals surface area contributed by atoms with E-state index >= 15 is 0 Å². The highest BCUT2D eigenvalue weighted by Crippen LogP contribution is 2.24. The summed E-state index contributed by atoms with van der Waals surface area (Å²) in [6, 6.07) is 7.64. The molecule has 0 unspecified atom stereocenters. The lowest BCUT2D eigenvalue weighted by atomic mass is 10.2. The Morgan fingerprint density at radius 2 is 2.08 bits per heavy atom. The third-order valence-electron chi connectivity index (χ3n) is 3.41. The van der Waals surface area contributed by atoms with E-state index in [9.17, 15) is 4.79 Å². The molecule has 0 aliphatic heterocycles. The molecule has 1 N–H and O–H groups in total. The van der Waals surface area contributed by atoms with Gasteiger partial charge in [-0.05, 0) is 19.1 Å². The maximum absolute atomic E-state index is 12.0. The summed E-state index contributed by atoms with van der Waals surface area (Å²) < 4.78 is 5.70. The Bertz CT molecular complexity index is 859. The highest BCUT2D eigenvalue weighted by Gasteiger charge is 2.14. The molecule has 0 saturated heterocycles. The summed E-state index contributed by atoms with van der Waals surface area (Å²) in [4.78, 5) is 29.1. The quantitative estimate of drug-likeness (QED) is 0.798. The number of hydrogen-bond acceptors (Lipinski definition) is 5. The number of nitrogens with zero attached hydrogens (tertiary/aromatic N) is 4. The minimum atomic E-state index is -0.140. The number of carbonyl (C=O) groups excluding carboxylic acids is 1. The summed E-state index contributed by atoms with van der Waals surface area (Å²) in [5, 5.41) is 0. The smallest absolute Gasteiger partial charge is 0.322 e. The first kappa shape index (κ1) is 15.7. The van der Waals surface area contributed by atoms with Crippen LogP contribution in [0.5, 0.6) is 11.8 Å². The highest BCUT2D eigenvalue weighted by molar-refractivity contribution is 5.94. The van der Waals surface area contributed by atoms with Crippen LogP contribution in [0.4, 0.5) is 0 Å². The van der Waals surface area contributed by atoms with Gasteiger partial charge in [0, 0.05) is 38.2 Å². The Hall–Kier alpha value is -3.22. The first-order valence-electron chi connectivity index (χ1n) is 7.37. The van der Waals surface area contributed by atoms with Crippen LogP contribution >= 0.6 is 0 Å². The van der Waals surface area contributed by atoms with E-state index in [1.807, 2.05) is 24.3 Å². The number of carbonyl (C=O) groups is 1. The molecule has 1 amide bonds. The second-order valence-electron chi connectivity index (χ2n) is 5.42. The van der Waals surface area contributed by atoms with Gasteiger partial charge in [0.15, 0.2) is 0 Å². The molecule has 0 spiro atoms. The van der Waals surface area contributed by atoms with Crippen LogP contribution in [0.3, 0.4) is 0 Å². The summed E-state index contributed by atoms with van der Waals surface area (Å²) in [7, 11) is 3.37.